The molecule has 0 aliphatic carbocycles. The van der Waals surface area contributed by atoms with E-state index in [9.17, 15) is 18.0 Å². The molecule has 1 atom stereocenters. The molecule has 29 heavy (non-hydrogen) atoms. The van der Waals surface area contributed by atoms with Gasteiger partial charge in [-0.25, -0.2) is 9.50 Å². The molecule has 3 aromatic heterocycles. The van der Waals surface area contributed by atoms with Crippen LogP contribution in [0.3, 0.4) is 0 Å². The number of hydrogen-bond donors (Lipinski definition) is 0. The predicted octanol–water partition coefficient (Wildman–Crippen LogP) is 4.01. The molecular formula is C18H19F3N6OS. The number of nitrogens with zero attached hydrogens (tertiary/aromatic N) is 6. The van der Waals surface area contributed by atoms with Crippen LogP contribution in [0.15, 0.2) is 12.1 Å². The molecule has 0 spiro atoms. The lowest BCUT2D eigenvalue weighted by atomic mass is 10.1. The monoisotopic (exact) mass is 424 g/mol. The van der Waals surface area contributed by atoms with Gasteiger partial charge in [0, 0.05) is 18.3 Å². The largest absolute Gasteiger partial charge is 0.433 e. The molecule has 1 amide bonds. The van der Waals surface area contributed by atoms with Gasteiger partial charge in [-0.3, -0.25) is 4.79 Å². The molecule has 1 unspecified atom stereocenters. The lowest BCUT2D eigenvalue weighted by Gasteiger charge is -2.22. The summed E-state index contributed by atoms with van der Waals surface area (Å²) in [4.78, 5) is 19.4. The molecule has 0 bridgehead atoms. The molecule has 154 valence electrons. The minimum Gasteiger partial charge on any atom is -0.329 e. The standard InChI is InChI=1S/C18H19F3N6OS/c1-9(2)11-7-14(18(19,20)21)27-15(22-11)8-12(24-27)13-5-4-6-26(13)17(28)16-10(3)23-25-29-16/h7-9,13H,4-6H2,1-3H3. The van der Waals surface area contributed by atoms with Crippen molar-refractivity contribution in [3.8, 4) is 0 Å². The summed E-state index contributed by atoms with van der Waals surface area (Å²) < 4.78 is 45.5. The molecule has 1 fully saturated rings. The van der Waals surface area contributed by atoms with Crippen LogP contribution in [-0.4, -0.2) is 41.5 Å². The number of amides is 1. The van der Waals surface area contributed by atoms with Gasteiger partial charge in [0.15, 0.2) is 5.65 Å². The van der Waals surface area contributed by atoms with Crippen molar-refractivity contribution in [1.29, 1.82) is 0 Å². The number of carbonyl (C=O) groups excluding carboxylic acids is 1. The highest BCUT2D eigenvalue weighted by Crippen LogP contribution is 2.36. The first-order valence-electron chi connectivity index (χ1n) is 9.24. The van der Waals surface area contributed by atoms with Crippen LogP contribution in [0.5, 0.6) is 0 Å². The second-order valence-electron chi connectivity index (χ2n) is 7.40. The van der Waals surface area contributed by atoms with E-state index < -0.39 is 17.9 Å². The van der Waals surface area contributed by atoms with Crippen LogP contribution in [0, 0.1) is 6.92 Å². The van der Waals surface area contributed by atoms with Crippen molar-refractivity contribution >= 4 is 23.1 Å². The third-order valence-electron chi connectivity index (χ3n) is 5.05. The number of likely N-dealkylation sites (tertiary alicyclic amines) is 1. The maximum Gasteiger partial charge on any atom is 0.433 e. The number of fused-ring (bicyclic) bond motifs is 1. The van der Waals surface area contributed by atoms with Crippen molar-refractivity contribution in [3.05, 3.63) is 39.8 Å². The van der Waals surface area contributed by atoms with Gasteiger partial charge < -0.3 is 4.90 Å². The third kappa shape index (κ3) is 3.47. The first-order chi connectivity index (χ1) is 13.7. The van der Waals surface area contributed by atoms with Crippen LogP contribution in [0.2, 0.25) is 0 Å². The van der Waals surface area contributed by atoms with Crippen molar-refractivity contribution in [3.63, 3.8) is 0 Å². The van der Waals surface area contributed by atoms with E-state index in [1.165, 1.54) is 0 Å². The number of rotatable bonds is 3. The molecule has 3 aromatic rings. The lowest BCUT2D eigenvalue weighted by molar-refractivity contribution is -0.142. The fourth-order valence-electron chi connectivity index (χ4n) is 3.55. The van der Waals surface area contributed by atoms with Crippen molar-refractivity contribution < 1.29 is 18.0 Å². The zero-order valence-corrected chi connectivity index (χ0v) is 16.9. The number of aryl methyl sites for hydroxylation is 1. The van der Waals surface area contributed by atoms with E-state index in [1.54, 1.807) is 31.7 Å². The molecule has 0 aromatic carbocycles. The first-order valence-corrected chi connectivity index (χ1v) is 10.0. The fourth-order valence-corrected chi connectivity index (χ4v) is 4.16. The van der Waals surface area contributed by atoms with Crippen molar-refractivity contribution in [2.75, 3.05) is 6.54 Å². The zero-order chi connectivity index (χ0) is 20.9. The molecule has 1 aliphatic heterocycles. The summed E-state index contributed by atoms with van der Waals surface area (Å²) in [7, 11) is 0. The number of halogens is 3. The van der Waals surface area contributed by atoms with Crippen LogP contribution in [0.1, 0.15) is 71.1 Å². The van der Waals surface area contributed by atoms with Crippen LogP contribution in [0.4, 0.5) is 13.2 Å². The van der Waals surface area contributed by atoms with Crippen molar-refractivity contribution in [2.24, 2.45) is 0 Å². The lowest BCUT2D eigenvalue weighted by Crippen LogP contribution is -2.30. The second-order valence-corrected chi connectivity index (χ2v) is 8.16. The summed E-state index contributed by atoms with van der Waals surface area (Å²) in [5, 5.41) is 8.08. The highest BCUT2D eigenvalue weighted by atomic mass is 32.1. The van der Waals surface area contributed by atoms with Gasteiger partial charge in [0.1, 0.15) is 10.6 Å². The molecule has 0 radical (unpaired) electrons. The number of hydrogen-bond acceptors (Lipinski definition) is 6. The molecule has 11 heteroatoms. The Balaban J connectivity index is 1.77. The van der Waals surface area contributed by atoms with Gasteiger partial charge in [0.05, 0.1) is 17.4 Å². The number of alkyl halides is 3. The summed E-state index contributed by atoms with van der Waals surface area (Å²) >= 11 is 1.02. The summed E-state index contributed by atoms with van der Waals surface area (Å²) in [6, 6.07) is 2.18. The van der Waals surface area contributed by atoms with E-state index in [4.69, 9.17) is 0 Å². The summed E-state index contributed by atoms with van der Waals surface area (Å²) in [5.74, 6) is -0.380. The van der Waals surface area contributed by atoms with Gasteiger partial charge in [0.25, 0.3) is 5.91 Å². The molecule has 4 heterocycles. The minimum atomic E-state index is -4.56. The van der Waals surface area contributed by atoms with Crippen LogP contribution in [-0.2, 0) is 6.18 Å². The van der Waals surface area contributed by atoms with E-state index >= 15 is 0 Å². The number of carbonyl (C=O) groups is 1. The predicted molar refractivity (Wildman–Crippen MR) is 99.7 cm³/mol. The summed E-state index contributed by atoms with van der Waals surface area (Å²) in [6.45, 7) is 5.79. The van der Waals surface area contributed by atoms with Gasteiger partial charge in [0.2, 0.25) is 0 Å². The van der Waals surface area contributed by atoms with Crippen LogP contribution < -0.4 is 0 Å². The van der Waals surface area contributed by atoms with Gasteiger partial charge in [-0.05, 0) is 43.3 Å². The maximum atomic E-state index is 13.6. The fraction of sp³-hybridized carbons (Fsp3) is 0.500. The van der Waals surface area contributed by atoms with Crippen molar-refractivity contribution in [2.45, 2.75) is 51.7 Å². The second kappa shape index (κ2) is 7.05. The highest BCUT2D eigenvalue weighted by Gasteiger charge is 2.38. The SMILES string of the molecule is Cc1nnsc1C(=O)N1CCCC1c1cc2nc(C(C)C)cc(C(F)(F)F)n2n1. The Labute approximate surface area is 168 Å². The van der Waals surface area contributed by atoms with Crippen LogP contribution >= 0.6 is 11.5 Å². The Morgan fingerprint density at radius 1 is 1.31 bits per heavy atom. The van der Waals surface area contributed by atoms with E-state index in [0.717, 1.165) is 28.5 Å². The first kappa shape index (κ1) is 19.7. The molecular weight excluding hydrogens is 405 g/mol. The molecule has 4 rings (SSSR count). The average Bonchev–Trinajstić information content (AvgIpc) is 3.37. The van der Waals surface area contributed by atoms with E-state index in [2.05, 4.69) is 19.7 Å². The maximum absolute atomic E-state index is 13.6. The Bertz CT molecular complexity index is 1070. The smallest absolute Gasteiger partial charge is 0.329 e. The highest BCUT2D eigenvalue weighted by molar-refractivity contribution is 7.07. The van der Waals surface area contributed by atoms with Gasteiger partial charge in [-0.2, -0.15) is 18.3 Å². The molecule has 0 saturated carbocycles. The summed E-state index contributed by atoms with van der Waals surface area (Å²) in [6.07, 6.45) is -3.20. The molecule has 1 saturated heterocycles. The molecule has 1 aliphatic rings. The summed E-state index contributed by atoms with van der Waals surface area (Å²) in [5.41, 5.74) is 0.569. The van der Waals surface area contributed by atoms with Gasteiger partial charge >= 0.3 is 6.18 Å². The van der Waals surface area contributed by atoms with Gasteiger partial charge in [-0.1, -0.05) is 18.3 Å². The molecule has 0 N–H and O–H groups in total. The van der Waals surface area contributed by atoms with E-state index in [-0.39, 0.29) is 17.5 Å². The van der Waals surface area contributed by atoms with Gasteiger partial charge in [-0.15, -0.1) is 5.10 Å². The Morgan fingerprint density at radius 2 is 2.07 bits per heavy atom. The zero-order valence-electron chi connectivity index (χ0n) is 16.1. The number of aromatic nitrogens is 5. The van der Waals surface area contributed by atoms with Crippen LogP contribution in [0.25, 0.3) is 5.65 Å². The molecule has 7 nitrogen and oxygen atoms in total. The van der Waals surface area contributed by atoms with Crippen molar-refractivity contribution in [1.82, 2.24) is 29.1 Å². The Morgan fingerprint density at radius 3 is 2.69 bits per heavy atom. The van der Waals surface area contributed by atoms with E-state index in [1.807, 2.05) is 0 Å². The Hall–Kier alpha value is -2.56. The normalized spacial score (nSPS) is 17.6. The quantitative estimate of drug-likeness (QED) is 0.635. The minimum absolute atomic E-state index is 0.133. The third-order valence-corrected chi connectivity index (χ3v) is 5.86. The topological polar surface area (TPSA) is 76.3 Å². The average molecular weight is 424 g/mol. The van der Waals surface area contributed by atoms with E-state index in [0.29, 0.717) is 34.9 Å². The Kier molecular flexibility index (Phi) is 4.80.